The number of benzene rings is 1. The summed E-state index contributed by atoms with van der Waals surface area (Å²) < 4.78 is 13.5. The Labute approximate surface area is 101 Å². The minimum absolute atomic E-state index is 0. The second-order valence-corrected chi connectivity index (χ2v) is 4.29. The minimum atomic E-state index is -0.387. The van der Waals surface area contributed by atoms with Crippen molar-refractivity contribution >= 4 is 24.0 Å². The van der Waals surface area contributed by atoms with Crippen molar-refractivity contribution in [3.63, 3.8) is 0 Å². The Hall–Kier alpha value is -0.310. The third kappa shape index (κ3) is 3.98. The van der Waals surface area contributed by atoms with Gasteiger partial charge in [-0.2, -0.15) is 0 Å². The average molecular weight is 252 g/mol. The summed E-state index contributed by atoms with van der Waals surface area (Å²) in [6.07, 6.45) is 0.761. The highest BCUT2D eigenvalue weighted by molar-refractivity contribution is 6.30. The highest BCUT2D eigenvalue weighted by Crippen LogP contribution is 2.25. The average Bonchev–Trinajstić information content (AvgIpc) is 2.08. The summed E-state index contributed by atoms with van der Waals surface area (Å²) in [5.41, 5.74) is 6.37. The summed E-state index contributed by atoms with van der Waals surface area (Å²) in [6.45, 7) is 4.12. The molecule has 2 N–H and O–H groups in total. The lowest BCUT2D eigenvalue weighted by molar-refractivity contribution is 0.489. The van der Waals surface area contributed by atoms with Crippen molar-refractivity contribution in [3.05, 3.63) is 34.6 Å². The van der Waals surface area contributed by atoms with E-state index in [-0.39, 0.29) is 29.3 Å². The van der Waals surface area contributed by atoms with Crippen molar-refractivity contribution in [1.29, 1.82) is 0 Å². The lowest BCUT2D eigenvalue weighted by Crippen LogP contribution is -2.14. The van der Waals surface area contributed by atoms with Gasteiger partial charge in [0.05, 0.1) is 5.02 Å². The molecule has 0 unspecified atom stereocenters. The first-order chi connectivity index (χ1) is 6.52. The molecule has 1 aromatic rings. The Morgan fingerprint density at radius 2 is 2.00 bits per heavy atom. The zero-order valence-corrected chi connectivity index (χ0v) is 10.4. The fourth-order valence-electron chi connectivity index (χ4n) is 1.44. The molecule has 1 atom stereocenters. The molecule has 0 fully saturated rings. The van der Waals surface area contributed by atoms with Crippen LogP contribution in [0, 0.1) is 11.7 Å². The van der Waals surface area contributed by atoms with Crippen LogP contribution in [0.3, 0.4) is 0 Å². The van der Waals surface area contributed by atoms with Gasteiger partial charge in [-0.15, -0.1) is 12.4 Å². The fraction of sp³-hybridized carbons (Fsp3) is 0.455. The monoisotopic (exact) mass is 251 g/mol. The maximum Gasteiger partial charge on any atom is 0.146 e. The number of halogens is 3. The third-order valence-corrected chi connectivity index (χ3v) is 2.40. The minimum Gasteiger partial charge on any atom is -0.324 e. The maximum atomic E-state index is 13.5. The molecule has 0 saturated heterocycles. The molecule has 0 aromatic heterocycles. The predicted molar refractivity (Wildman–Crippen MR) is 65.0 cm³/mol. The van der Waals surface area contributed by atoms with Gasteiger partial charge in [0.25, 0.3) is 0 Å². The largest absolute Gasteiger partial charge is 0.324 e. The topological polar surface area (TPSA) is 26.0 Å². The Kier molecular flexibility index (Phi) is 6.18. The van der Waals surface area contributed by atoms with Gasteiger partial charge in [-0.25, -0.2) is 4.39 Å². The van der Waals surface area contributed by atoms with Gasteiger partial charge in [-0.05, 0) is 18.4 Å². The van der Waals surface area contributed by atoms with Crippen LogP contribution in [0.1, 0.15) is 31.9 Å². The predicted octanol–water partition coefficient (Wildman–Crippen LogP) is 3.95. The van der Waals surface area contributed by atoms with E-state index in [9.17, 15) is 4.39 Å². The molecule has 1 nitrogen and oxygen atoms in total. The van der Waals surface area contributed by atoms with Gasteiger partial charge in [0.1, 0.15) is 5.82 Å². The molecule has 0 saturated carbocycles. The molecule has 0 aliphatic rings. The first kappa shape index (κ1) is 14.7. The van der Waals surface area contributed by atoms with E-state index in [2.05, 4.69) is 13.8 Å². The van der Waals surface area contributed by atoms with Crippen LogP contribution in [0.2, 0.25) is 5.02 Å². The second-order valence-electron chi connectivity index (χ2n) is 3.88. The summed E-state index contributed by atoms with van der Waals surface area (Å²) in [5, 5.41) is 0.140. The quantitative estimate of drug-likeness (QED) is 0.866. The molecule has 1 aromatic carbocycles. The van der Waals surface area contributed by atoms with Gasteiger partial charge in [-0.3, -0.25) is 0 Å². The van der Waals surface area contributed by atoms with Crippen molar-refractivity contribution in [2.75, 3.05) is 0 Å². The van der Waals surface area contributed by atoms with E-state index in [1.807, 2.05) is 0 Å². The molecule has 0 amide bonds. The van der Waals surface area contributed by atoms with E-state index >= 15 is 0 Å². The van der Waals surface area contributed by atoms with Crippen LogP contribution in [-0.4, -0.2) is 0 Å². The summed E-state index contributed by atoms with van der Waals surface area (Å²) >= 11 is 5.66. The van der Waals surface area contributed by atoms with Crippen LogP contribution in [0.4, 0.5) is 4.39 Å². The standard InChI is InChI=1S/C11H15ClFN.ClH/c1-7(2)6-10(14)8-4-3-5-9(12)11(8)13;/h3-5,7,10H,6,14H2,1-2H3;1H/t10-;/m1./s1. The van der Waals surface area contributed by atoms with Crippen molar-refractivity contribution in [2.24, 2.45) is 11.7 Å². The molecule has 15 heavy (non-hydrogen) atoms. The summed E-state index contributed by atoms with van der Waals surface area (Å²) in [4.78, 5) is 0. The maximum absolute atomic E-state index is 13.5. The van der Waals surface area contributed by atoms with Crippen LogP contribution in [0.5, 0.6) is 0 Å². The smallest absolute Gasteiger partial charge is 0.146 e. The molecule has 0 radical (unpaired) electrons. The zero-order chi connectivity index (χ0) is 10.7. The fourth-order valence-corrected chi connectivity index (χ4v) is 1.62. The lowest BCUT2D eigenvalue weighted by Gasteiger charge is -2.15. The molecule has 0 aliphatic carbocycles. The van der Waals surface area contributed by atoms with Gasteiger partial charge < -0.3 is 5.73 Å². The molecule has 0 aliphatic heterocycles. The van der Waals surface area contributed by atoms with Crippen molar-refractivity contribution in [2.45, 2.75) is 26.3 Å². The van der Waals surface area contributed by atoms with Gasteiger partial charge in [-0.1, -0.05) is 37.6 Å². The lowest BCUT2D eigenvalue weighted by atomic mass is 9.97. The first-order valence-corrected chi connectivity index (χ1v) is 5.09. The SMILES string of the molecule is CC(C)C[C@@H](N)c1cccc(Cl)c1F.Cl. The van der Waals surface area contributed by atoms with Gasteiger partial charge in [0.2, 0.25) is 0 Å². The molecular weight excluding hydrogens is 236 g/mol. The van der Waals surface area contributed by atoms with Crippen LogP contribution < -0.4 is 5.73 Å². The second kappa shape index (κ2) is 6.31. The molecule has 0 spiro atoms. The number of hydrogen-bond donors (Lipinski definition) is 1. The Balaban J connectivity index is 0.00000196. The Morgan fingerprint density at radius 3 is 2.53 bits per heavy atom. The molecule has 86 valence electrons. The first-order valence-electron chi connectivity index (χ1n) is 4.72. The Bertz CT molecular complexity index is 315. The normalized spacial score (nSPS) is 12.4. The highest BCUT2D eigenvalue weighted by atomic mass is 35.5. The number of nitrogens with two attached hydrogens (primary N) is 1. The highest BCUT2D eigenvalue weighted by Gasteiger charge is 2.14. The number of rotatable bonds is 3. The van der Waals surface area contributed by atoms with Crippen LogP contribution >= 0.6 is 24.0 Å². The summed E-state index contributed by atoms with van der Waals surface area (Å²) in [6, 6.07) is 4.67. The van der Waals surface area contributed by atoms with Gasteiger partial charge in [0, 0.05) is 11.6 Å². The van der Waals surface area contributed by atoms with E-state index in [4.69, 9.17) is 17.3 Å². The van der Waals surface area contributed by atoms with E-state index in [0.29, 0.717) is 11.5 Å². The zero-order valence-electron chi connectivity index (χ0n) is 8.84. The summed E-state index contributed by atoms with van der Waals surface area (Å²) in [7, 11) is 0. The Morgan fingerprint density at radius 1 is 1.40 bits per heavy atom. The van der Waals surface area contributed by atoms with Gasteiger partial charge >= 0.3 is 0 Å². The third-order valence-electron chi connectivity index (χ3n) is 2.11. The van der Waals surface area contributed by atoms with E-state index in [1.54, 1.807) is 12.1 Å². The van der Waals surface area contributed by atoms with E-state index in [0.717, 1.165) is 6.42 Å². The molecule has 1 rings (SSSR count). The van der Waals surface area contributed by atoms with E-state index < -0.39 is 0 Å². The van der Waals surface area contributed by atoms with Crippen LogP contribution in [-0.2, 0) is 0 Å². The summed E-state index contributed by atoms with van der Waals surface area (Å²) in [5.74, 6) is 0.0608. The van der Waals surface area contributed by atoms with Crippen molar-refractivity contribution in [1.82, 2.24) is 0 Å². The van der Waals surface area contributed by atoms with Crippen LogP contribution in [0.15, 0.2) is 18.2 Å². The van der Waals surface area contributed by atoms with Crippen LogP contribution in [0.25, 0.3) is 0 Å². The molecule has 4 heteroatoms. The van der Waals surface area contributed by atoms with Crippen molar-refractivity contribution in [3.8, 4) is 0 Å². The van der Waals surface area contributed by atoms with Crippen molar-refractivity contribution < 1.29 is 4.39 Å². The molecular formula is C11H16Cl2FN. The molecule has 0 bridgehead atoms. The van der Waals surface area contributed by atoms with E-state index in [1.165, 1.54) is 6.07 Å². The number of hydrogen-bond acceptors (Lipinski definition) is 1. The van der Waals surface area contributed by atoms with Gasteiger partial charge in [0.15, 0.2) is 0 Å². The molecule has 0 heterocycles.